The normalized spacial score (nSPS) is 12.8. The van der Waals surface area contributed by atoms with E-state index < -0.39 is 17.7 Å². The molecular formula is C34H60N2O15S2. The van der Waals surface area contributed by atoms with Crippen molar-refractivity contribution in [3.8, 4) is 0 Å². The minimum absolute atomic E-state index is 0.0844. The van der Waals surface area contributed by atoms with E-state index in [9.17, 15) is 19.2 Å². The Bertz CT molecular complexity index is 947. The fourth-order valence-electron chi connectivity index (χ4n) is 3.68. The molecule has 0 unspecified atom stereocenters. The lowest BCUT2D eigenvalue weighted by Gasteiger charge is -2.13. The monoisotopic (exact) mass is 800 g/mol. The molecule has 1 aliphatic heterocycles. The van der Waals surface area contributed by atoms with E-state index in [0.29, 0.717) is 132 Å². The summed E-state index contributed by atoms with van der Waals surface area (Å²) >= 11 is 0. The summed E-state index contributed by atoms with van der Waals surface area (Å²) in [6, 6.07) is 0. The van der Waals surface area contributed by atoms with Crippen LogP contribution in [0, 0.1) is 5.92 Å². The number of nitrogens with one attached hydrogen (secondary N) is 1. The quantitative estimate of drug-likeness (QED) is 0.0396. The molecular weight excluding hydrogens is 741 g/mol. The van der Waals surface area contributed by atoms with Gasteiger partial charge < -0.3 is 57.4 Å². The number of hydrogen-bond donors (Lipinski definition) is 1. The van der Waals surface area contributed by atoms with Crippen LogP contribution in [0.2, 0.25) is 0 Å². The van der Waals surface area contributed by atoms with Crippen LogP contribution in [-0.4, -0.2) is 192 Å². The molecule has 0 bridgehead atoms. The highest BCUT2D eigenvalue weighted by Gasteiger charge is 2.25. The number of ether oxygens (including phenoxy) is 11. The molecule has 0 saturated carbocycles. The summed E-state index contributed by atoms with van der Waals surface area (Å²) < 4.78 is 59.7. The molecule has 0 spiro atoms. The standard InChI is InChI=1S/C34H60N2O15S2/c1-30(2)34(40)51-26-28-53-52-27-25-50-24-23-49-22-21-48-20-19-47-18-17-46-16-15-45-14-13-44-12-11-43-10-9-42-8-7-41-6-5-35-31(37)29-36-32(38)3-4-33(36)39/h3-4,30H,5-29H2,1-2H3,(H,35,37). The lowest BCUT2D eigenvalue weighted by atomic mass is 10.2. The van der Waals surface area contributed by atoms with E-state index in [0.717, 1.165) is 28.6 Å². The highest BCUT2D eigenvalue weighted by Crippen LogP contribution is 2.20. The van der Waals surface area contributed by atoms with Gasteiger partial charge in [0.1, 0.15) is 13.2 Å². The molecule has 1 aliphatic rings. The predicted octanol–water partition coefficient (Wildman–Crippen LogP) is 0.774. The first-order valence-corrected chi connectivity index (χ1v) is 20.4. The summed E-state index contributed by atoms with van der Waals surface area (Å²) in [5, 5.41) is 2.59. The molecule has 1 N–H and O–H groups in total. The van der Waals surface area contributed by atoms with Crippen LogP contribution >= 0.6 is 21.6 Å². The second-order valence-corrected chi connectivity index (χ2v) is 13.7. The minimum Gasteiger partial charge on any atom is -0.465 e. The van der Waals surface area contributed by atoms with Crippen molar-refractivity contribution >= 4 is 45.3 Å². The Morgan fingerprint density at radius 1 is 0.528 bits per heavy atom. The first kappa shape index (κ1) is 49.1. The third-order valence-electron chi connectivity index (χ3n) is 6.40. The van der Waals surface area contributed by atoms with Crippen LogP contribution in [0.4, 0.5) is 0 Å². The van der Waals surface area contributed by atoms with Crippen LogP contribution < -0.4 is 5.32 Å². The van der Waals surface area contributed by atoms with Gasteiger partial charge in [0.05, 0.1) is 138 Å². The smallest absolute Gasteiger partial charge is 0.308 e. The summed E-state index contributed by atoms with van der Waals surface area (Å²) in [4.78, 5) is 46.8. The SMILES string of the molecule is CC(C)C(=O)OCCSSCCOCCOCCOCCOCCOCCOCCOCCOCCOCCOCCNC(=O)CN1C(=O)C=CC1=O. The molecule has 0 fully saturated rings. The van der Waals surface area contributed by atoms with Gasteiger partial charge in [-0.25, -0.2) is 0 Å². The van der Waals surface area contributed by atoms with Gasteiger partial charge in [0.15, 0.2) is 0 Å². The topological polar surface area (TPSA) is 185 Å². The predicted molar refractivity (Wildman–Crippen MR) is 198 cm³/mol. The van der Waals surface area contributed by atoms with Crippen LogP contribution in [0.1, 0.15) is 13.8 Å². The van der Waals surface area contributed by atoms with E-state index in [1.165, 1.54) is 0 Å². The summed E-state index contributed by atoms with van der Waals surface area (Å²) in [6.07, 6.45) is 2.27. The summed E-state index contributed by atoms with van der Waals surface area (Å²) in [7, 11) is 3.37. The lowest BCUT2D eigenvalue weighted by Crippen LogP contribution is -2.41. The Labute approximate surface area is 321 Å². The van der Waals surface area contributed by atoms with Gasteiger partial charge in [-0.3, -0.25) is 24.1 Å². The van der Waals surface area contributed by atoms with E-state index in [2.05, 4.69) is 5.32 Å². The number of carbonyl (C=O) groups excluding carboxylic acids is 4. The zero-order chi connectivity index (χ0) is 38.5. The number of nitrogens with zero attached hydrogens (tertiary/aromatic N) is 1. The maximum Gasteiger partial charge on any atom is 0.308 e. The lowest BCUT2D eigenvalue weighted by molar-refractivity contribution is -0.146. The van der Waals surface area contributed by atoms with Gasteiger partial charge in [0, 0.05) is 30.2 Å². The Morgan fingerprint density at radius 2 is 0.849 bits per heavy atom. The van der Waals surface area contributed by atoms with Crippen LogP contribution in [0.3, 0.4) is 0 Å². The largest absolute Gasteiger partial charge is 0.465 e. The summed E-state index contributed by atoms with van der Waals surface area (Å²) in [6.45, 7) is 13.4. The zero-order valence-corrected chi connectivity index (χ0v) is 32.9. The maximum atomic E-state index is 11.8. The molecule has 0 aliphatic carbocycles. The first-order valence-electron chi connectivity index (χ1n) is 17.9. The number of rotatable bonds is 40. The highest BCUT2D eigenvalue weighted by molar-refractivity contribution is 8.76. The van der Waals surface area contributed by atoms with Gasteiger partial charge in [0.2, 0.25) is 5.91 Å². The molecule has 0 atom stereocenters. The third kappa shape index (κ3) is 32.1. The number of hydrogen-bond acceptors (Lipinski definition) is 17. The van der Waals surface area contributed by atoms with Crippen molar-refractivity contribution in [2.75, 3.05) is 163 Å². The molecule has 308 valence electrons. The molecule has 53 heavy (non-hydrogen) atoms. The average Bonchev–Trinajstić information content (AvgIpc) is 3.46. The molecule has 1 heterocycles. The van der Waals surface area contributed by atoms with Gasteiger partial charge in [0.25, 0.3) is 11.8 Å². The van der Waals surface area contributed by atoms with Gasteiger partial charge in [-0.1, -0.05) is 35.4 Å². The van der Waals surface area contributed by atoms with Crippen molar-refractivity contribution in [3.05, 3.63) is 12.2 Å². The van der Waals surface area contributed by atoms with Crippen molar-refractivity contribution in [3.63, 3.8) is 0 Å². The average molecular weight is 801 g/mol. The van der Waals surface area contributed by atoms with Crippen LogP contribution in [-0.2, 0) is 71.3 Å². The van der Waals surface area contributed by atoms with Crippen LogP contribution in [0.15, 0.2) is 12.2 Å². The molecule has 1 rings (SSSR count). The number of carbonyl (C=O) groups is 4. The fourth-order valence-corrected chi connectivity index (χ4v) is 5.37. The van der Waals surface area contributed by atoms with E-state index >= 15 is 0 Å². The zero-order valence-electron chi connectivity index (χ0n) is 31.3. The highest BCUT2D eigenvalue weighted by atomic mass is 33.1. The molecule has 3 amide bonds. The summed E-state index contributed by atoms with van der Waals surface area (Å²) in [5.41, 5.74) is 0. The Morgan fingerprint density at radius 3 is 1.21 bits per heavy atom. The third-order valence-corrected chi connectivity index (χ3v) is 8.73. The van der Waals surface area contributed by atoms with Crippen molar-refractivity contribution in [1.82, 2.24) is 10.2 Å². The van der Waals surface area contributed by atoms with E-state index in [4.69, 9.17) is 52.1 Å². The van der Waals surface area contributed by atoms with Crippen LogP contribution in [0.5, 0.6) is 0 Å². The molecule has 19 heteroatoms. The molecule has 0 aromatic carbocycles. The molecule has 0 radical (unpaired) electrons. The minimum atomic E-state index is -0.493. The number of amides is 3. The Hall–Kier alpha value is -1.88. The van der Waals surface area contributed by atoms with E-state index in [1.54, 1.807) is 21.6 Å². The van der Waals surface area contributed by atoms with Crippen molar-refractivity contribution in [2.45, 2.75) is 13.8 Å². The Kier molecular flexibility index (Phi) is 34.4. The second kappa shape index (κ2) is 37.1. The van der Waals surface area contributed by atoms with Gasteiger partial charge in [-0.05, 0) is 0 Å². The van der Waals surface area contributed by atoms with Crippen molar-refractivity contribution in [1.29, 1.82) is 0 Å². The van der Waals surface area contributed by atoms with E-state index in [-0.39, 0.29) is 31.6 Å². The maximum absolute atomic E-state index is 11.8. The molecule has 17 nitrogen and oxygen atoms in total. The molecule has 0 aromatic heterocycles. The molecule has 0 saturated heterocycles. The van der Waals surface area contributed by atoms with Gasteiger partial charge in [-0.2, -0.15) is 0 Å². The van der Waals surface area contributed by atoms with Crippen molar-refractivity contribution in [2.24, 2.45) is 5.92 Å². The number of imide groups is 1. The first-order chi connectivity index (χ1) is 25.9. The van der Waals surface area contributed by atoms with Gasteiger partial charge in [-0.15, -0.1) is 0 Å². The Balaban J connectivity index is 1.64. The van der Waals surface area contributed by atoms with Gasteiger partial charge >= 0.3 is 5.97 Å². The number of esters is 1. The van der Waals surface area contributed by atoms with Crippen molar-refractivity contribution < 1.29 is 71.3 Å². The summed E-state index contributed by atoms with van der Waals surface area (Å²) in [5.74, 6) is -0.0189. The molecule has 0 aromatic rings. The second-order valence-electron chi connectivity index (χ2n) is 11.0. The van der Waals surface area contributed by atoms with Crippen LogP contribution in [0.25, 0.3) is 0 Å². The van der Waals surface area contributed by atoms with E-state index in [1.807, 2.05) is 13.8 Å². The fraction of sp³-hybridized carbons (Fsp3) is 0.824.